The molecule has 0 aliphatic heterocycles. The van der Waals surface area contributed by atoms with E-state index in [2.05, 4.69) is 28.6 Å². The molecule has 0 heterocycles. The number of hydrogen-bond acceptors (Lipinski definition) is 8. The highest BCUT2D eigenvalue weighted by Gasteiger charge is 2.31. The number of carboxylic acid groups (broad SMARTS) is 2. The molecule has 12 nitrogen and oxygen atoms in total. The second-order valence-electron chi connectivity index (χ2n) is 7.70. The topological polar surface area (TPSA) is 214 Å². The lowest BCUT2D eigenvalue weighted by Gasteiger charge is -2.26. The van der Waals surface area contributed by atoms with Crippen molar-refractivity contribution in [1.29, 1.82) is 0 Å². The van der Waals surface area contributed by atoms with Crippen LogP contribution in [-0.2, 0) is 24.0 Å². The third-order valence-electron chi connectivity index (χ3n) is 4.62. The predicted molar refractivity (Wildman–Crippen MR) is 120 cm³/mol. The van der Waals surface area contributed by atoms with Gasteiger partial charge in [-0.15, -0.1) is 0 Å². The first-order chi connectivity index (χ1) is 14.9. The van der Waals surface area contributed by atoms with Crippen LogP contribution in [0.1, 0.15) is 46.0 Å². The molecule has 13 heteroatoms. The molecule has 0 aromatic heterocycles. The van der Waals surface area contributed by atoms with Crippen molar-refractivity contribution in [3.8, 4) is 0 Å². The van der Waals surface area contributed by atoms with Crippen LogP contribution in [0.15, 0.2) is 0 Å². The van der Waals surface area contributed by atoms with Crippen molar-refractivity contribution in [1.82, 2.24) is 16.0 Å². The van der Waals surface area contributed by atoms with Crippen LogP contribution in [0.25, 0.3) is 0 Å². The van der Waals surface area contributed by atoms with E-state index >= 15 is 0 Å². The summed E-state index contributed by atoms with van der Waals surface area (Å²) in [7, 11) is 0. The average Bonchev–Trinajstić information content (AvgIpc) is 2.72. The summed E-state index contributed by atoms with van der Waals surface area (Å²) in [5, 5.41) is 25.5. The van der Waals surface area contributed by atoms with Gasteiger partial charge in [-0.2, -0.15) is 12.6 Å². The lowest BCUT2D eigenvalue weighted by atomic mass is 10.0. The van der Waals surface area contributed by atoms with E-state index in [0.29, 0.717) is 19.4 Å². The van der Waals surface area contributed by atoms with Crippen molar-refractivity contribution in [3.63, 3.8) is 0 Å². The minimum Gasteiger partial charge on any atom is -0.481 e. The molecule has 0 aromatic rings. The molecule has 32 heavy (non-hydrogen) atoms. The summed E-state index contributed by atoms with van der Waals surface area (Å²) < 4.78 is 0. The second-order valence-corrected chi connectivity index (χ2v) is 8.06. The number of carboxylic acids is 2. The number of amides is 3. The van der Waals surface area contributed by atoms with E-state index in [0.717, 1.165) is 0 Å². The van der Waals surface area contributed by atoms with Crippen LogP contribution in [0.2, 0.25) is 0 Å². The Bertz CT molecular complexity index is 662. The first-order valence-corrected chi connectivity index (χ1v) is 11.0. The number of carbonyl (C=O) groups is 5. The van der Waals surface area contributed by atoms with E-state index in [-0.39, 0.29) is 18.6 Å². The molecule has 4 atom stereocenters. The van der Waals surface area contributed by atoms with Gasteiger partial charge in [-0.3, -0.25) is 19.2 Å². The van der Waals surface area contributed by atoms with Gasteiger partial charge in [-0.1, -0.05) is 13.8 Å². The molecule has 9 N–H and O–H groups in total. The van der Waals surface area contributed by atoms with Crippen molar-refractivity contribution in [2.75, 3.05) is 12.3 Å². The number of nitrogens with two attached hydrogens (primary N) is 2. The van der Waals surface area contributed by atoms with Crippen molar-refractivity contribution in [2.45, 2.75) is 70.1 Å². The largest absolute Gasteiger partial charge is 0.481 e. The van der Waals surface area contributed by atoms with Crippen molar-refractivity contribution < 1.29 is 34.2 Å². The third kappa shape index (κ3) is 11.3. The predicted octanol–water partition coefficient (Wildman–Crippen LogP) is -1.57. The van der Waals surface area contributed by atoms with Crippen molar-refractivity contribution in [3.05, 3.63) is 0 Å². The Morgan fingerprint density at radius 1 is 0.875 bits per heavy atom. The summed E-state index contributed by atoms with van der Waals surface area (Å²) in [6.45, 7) is 3.62. The van der Waals surface area contributed by atoms with Crippen LogP contribution in [0.3, 0.4) is 0 Å². The lowest BCUT2D eigenvalue weighted by molar-refractivity contribution is -0.143. The Hall–Kier alpha value is -2.38. The number of thiol groups is 1. The van der Waals surface area contributed by atoms with Gasteiger partial charge in [-0.05, 0) is 38.1 Å². The fraction of sp³-hybridized carbons (Fsp3) is 0.737. The minimum absolute atomic E-state index is 0.00893. The molecular weight excluding hydrogens is 442 g/mol. The van der Waals surface area contributed by atoms with Crippen LogP contribution in [0.4, 0.5) is 0 Å². The normalized spacial score (nSPS) is 14.7. The van der Waals surface area contributed by atoms with Gasteiger partial charge in [0.2, 0.25) is 17.7 Å². The highest BCUT2D eigenvalue weighted by Crippen LogP contribution is 2.07. The molecular formula is C19H35N5O7S. The monoisotopic (exact) mass is 477 g/mol. The zero-order valence-electron chi connectivity index (χ0n) is 18.4. The Labute approximate surface area is 192 Å². The maximum Gasteiger partial charge on any atom is 0.326 e. The number of unbranched alkanes of at least 4 members (excludes halogenated alkanes) is 1. The molecule has 0 saturated carbocycles. The first kappa shape index (κ1) is 29.6. The molecule has 0 radical (unpaired) electrons. The molecule has 0 saturated heterocycles. The van der Waals surface area contributed by atoms with Gasteiger partial charge in [0.1, 0.15) is 18.1 Å². The van der Waals surface area contributed by atoms with E-state index in [4.69, 9.17) is 16.6 Å². The Kier molecular flexibility index (Phi) is 14.3. The molecule has 0 fully saturated rings. The van der Waals surface area contributed by atoms with Gasteiger partial charge < -0.3 is 37.6 Å². The smallest absolute Gasteiger partial charge is 0.326 e. The summed E-state index contributed by atoms with van der Waals surface area (Å²) in [5.41, 5.74) is 11.1. The quantitative estimate of drug-likeness (QED) is 0.0950. The van der Waals surface area contributed by atoms with E-state index in [1.165, 1.54) is 0 Å². The summed E-state index contributed by atoms with van der Waals surface area (Å²) in [6, 6.07) is -4.52. The average molecular weight is 478 g/mol. The van der Waals surface area contributed by atoms with Gasteiger partial charge in [0, 0.05) is 12.2 Å². The highest BCUT2D eigenvalue weighted by atomic mass is 32.1. The lowest BCUT2D eigenvalue weighted by Crippen LogP contribution is -2.57. The van der Waals surface area contributed by atoms with Crippen LogP contribution in [0.5, 0.6) is 0 Å². The molecule has 184 valence electrons. The molecule has 0 bridgehead atoms. The standard InChI is InChI=1S/C19H35N5O7S/c1-10(2)15(19(30)31)24-18(29)12(5-3-4-8-20)23-17(28)13(6-7-14(25)26)22-16(27)11(21)9-32/h10-13,15,32H,3-9,20-21H2,1-2H3,(H,22,27)(H,23,28)(H,24,29)(H,25,26)(H,30,31). The SMILES string of the molecule is CC(C)C(NC(=O)C(CCCCN)NC(=O)C(CCC(=O)O)NC(=O)C(N)CS)C(=O)O. The number of rotatable bonds is 16. The number of carbonyl (C=O) groups excluding carboxylic acids is 3. The minimum atomic E-state index is -1.25. The maximum atomic E-state index is 12.8. The Balaban J connectivity index is 5.50. The van der Waals surface area contributed by atoms with E-state index < -0.39 is 66.2 Å². The fourth-order valence-electron chi connectivity index (χ4n) is 2.70. The number of nitrogens with one attached hydrogen (secondary N) is 3. The summed E-state index contributed by atoms with van der Waals surface area (Å²) in [6.07, 6.45) is 0.585. The van der Waals surface area contributed by atoms with Crippen LogP contribution in [0, 0.1) is 5.92 Å². The van der Waals surface area contributed by atoms with E-state index in [1.807, 2.05) is 0 Å². The van der Waals surface area contributed by atoms with Gasteiger partial charge in [0.15, 0.2) is 0 Å². The molecule has 0 aliphatic carbocycles. The molecule has 0 rings (SSSR count). The van der Waals surface area contributed by atoms with Gasteiger partial charge >= 0.3 is 11.9 Å². The van der Waals surface area contributed by atoms with Gasteiger partial charge in [0.25, 0.3) is 0 Å². The van der Waals surface area contributed by atoms with E-state index in [1.54, 1.807) is 13.8 Å². The second kappa shape index (κ2) is 15.4. The number of aliphatic carboxylic acids is 2. The van der Waals surface area contributed by atoms with Gasteiger partial charge in [-0.25, -0.2) is 4.79 Å². The van der Waals surface area contributed by atoms with Crippen molar-refractivity contribution >= 4 is 42.3 Å². The summed E-state index contributed by atoms with van der Waals surface area (Å²) in [4.78, 5) is 60.0. The Morgan fingerprint density at radius 3 is 1.88 bits per heavy atom. The molecule has 0 spiro atoms. The van der Waals surface area contributed by atoms with Crippen molar-refractivity contribution in [2.24, 2.45) is 17.4 Å². The fourth-order valence-corrected chi connectivity index (χ4v) is 2.87. The first-order valence-electron chi connectivity index (χ1n) is 10.4. The zero-order valence-corrected chi connectivity index (χ0v) is 19.3. The molecule has 0 aromatic carbocycles. The summed E-state index contributed by atoms with van der Waals surface area (Å²) >= 11 is 3.92. The zero-order chi connectivity index (χ0) is 24.8. The van der Waals surface area contributed by atoms with Gasteiger partial charge in [0.05, 0.1) is 6.04 Å². The molecule has 0 aliphatic rings. The summed E-state index contributed by atoms with van der Waals surface area (Å²) in [5.74, 6) is -4.96. The highest BCUT2D eigenvalue weighted by molar-refractivity contribution is 7.80. The molecule has 3 amide bonds. The molecule has 4 unspecified atom stereocenters. The number of hydrogen-bond donors (Lipinski definition) is 8. The maximum absolute atomic E-state index is 12.8. The third-order valence-corrected chi connectivity index (χ3v) is 5.02. The van der Waals surface area contributed by atoms with E-state index in [9.17, 15) is 29.1 Å². The van der Waals surface area contributed by atoms with Crippen LogP contribution < -0.4 is 27.4 Å². The Morgan fingerprint density at radius 2 is 1.41 bits per heavy atom. The van der Waals surface area contributed by atoms with Crippen LogP contribution >= 0.6 is 12.6 Å². The van der Waals surface area contributed by atoms with Crippen LogP contribution in [-0.4, -0.2) is 76.3 Å².